The fourth-order valence-corrected chi connectivity index (χ4v) is 3.74. The van der Waals surface area contributed by atoms with Gasteiger partial charge >= 0.3 is 6.36 Å². The second-order valence-corrected chi connectivity index (χ2v) is 6.78. The van der Waals surface area contributed by atoms with Gasteiger partial charge in [-0.2, -0.15) is 0 Å². The summed E-state index contributed by atoms with van der Waals surface area (Å²) in [6.45, 7) is 2.43. The van der Waals surface area contributed by atoms with Crippen LogP contribution in [0.3, 0.4) is 0 Å². The quantitative estimate of drug-likeness (QED) is 0.826. The highest BCUT2D eigenvalue weighted by Gasteiger charge is 2.31. The number of hydrogen-bond acceptors (Lipinski definition) is 5. The van der Waals surface area contributed by atoms with Crippen molar-refractivity contribution < 1.29 is 27.5 Å². The summed E-state index contributed by atoms with van der Waals surface area (Å²) in [6.07, 6.45) is -3.03. The molecule has 1 N–H and O–H groups in total. The molecule has 3 rings (SSSR count). The van der Waals surface area contributed by atoms with E-state index in [1.807, 2.05) is 6.92 Å². The lowest BCUT2D eigenvalue weighted by atomic mass is 10.2. The molecule has 0 aliphatic carbocycles. The Bertz CT molecular complexity index is 849. The maximum Gasteiger partial charge on any atom is 0.573 e. The fraction of sp³-hybridized carbons (Fsp3) is 0.353. The third kappa shape index (κ3) is 4.57. The highest BCUT2D eigenvalue weighted by Crippen LogP contribution is 2.31. The summed E-state index contributed by atoms with van der Waals surface area (Å²) in [5, 5.41) is 3.12. The summed E-state index contributed by atoms with van der Waals surface area (Å²) in [6, 6.07) is 4.86. The molecule has 27 heavy (non-hydrogen) atoms. The predicted molar refractivity (Wildman–Crippen MR) is 94.2 cm³/mol. The van der Waals surface area contributed by atoms with Gasteiger partial charge in [-0.3, -0.25) is 14.5 Å². The third-order valence-electron chi connectivity index (χ3n) is 3.88. The van der Waals surface area contributed by atoms with E-state index in [1.54, 1.807) is 4.90 Å². The van der Waals surface area contributed by atoms with Crippen LogP contribution >= 0.6 is 11.3 Å². The van der Waals surface area contributed by atoms with Crippen LogP contribution < -0.4 is 15.0 Å². The number of ether oxygens (including phenoxy) is 1. The molecule has 144 valence electrons. The molecule has 0 unspecified atom stereocenters. The Morgan fingerprint density at radius 3 is 2.59 bits per heavy atom. The van der Waals surface area contributed by atoms with Gasteiger partial charge in [0, 0.05) is 18.7 Å². The summed E-state index contributed by atoms with van der Waals surface area (Å²) in [5.74, 6) is -0.812. The molecule has 1 aromatic carbocycles. The van der Waals surface area contributed by atoms with Gasteiger partial charge in [-0.05, 0) is 37.1 Å². The number of nitrogens with zero attached hydrogens (tertiary/aromatic N) is 2. The lowest BCUT2D eigenvalue weighted by molar-refractivity contribution is -0.274. The first-order chi connectivity index (χ1) is 12.8. The highest BCUT2D eigenvalue weighted by molar-refractivity contribution is 7.18. The average Bonchev–Trinajstić information content (AvgIpc) is 3.21. The minimum Gasteiger partial charge on any atom is -0.406 e. The maximum absolute atomic E-state index is 12.6. The van der Waals surface area contributed by atoms with Crippen molar-refractivity contribution in [3.63, 3.8) is 0 Å². The van der Waals surface area contributed by atoms with Crippen molar-refractivity contribution >= 4 is 34.0 Å². The number of halogens is 3. The van der Waals surface area contributed by atoms with E-state index in [4.69, 9.17) is 0 Å². The number of carbonyl (C=O) groups excluding carboxylic acids is 2. The predicted octanol–water partition coefficient (Wildman–Crippen LogP) is 3.98. The fourth-order valence-electron chi connectivity index (χ4n) is 2.65. The van der Waals surface area contributed by atoms with Crippen molar-refractivity contribution in [3.05, 3.63) is 34.8 Å². The zero-order valence-electron chi connectivity index (χ0n) is 14.3. The van der Waals surface area contributed by atoms with Crippen LogP contribution in [0.4, 0.5) is 24.0 Å². The zero-order chi connectivity index (χ0) is 19.6. The molecule has 6 nitrogen and oxygen atoms in total. The van der Waals surface area contributed by atoms with Crippen LogP contribution in [-0.2, 0) is 11.2 Å². The molecule has 1 aliphatic rings. The molecule has 2 aromatic rings. The molecule has 1 aromatic heterocycles. The normalized spacial score (nSPS) is 14.5. The van der Waals surface area contributed by atoms with E-state index >= 15 is 0 Å². The monoisotopic (exact) mass is 399 g/mol. The number of aryl methyl sites for hydroxylation is 1. The SMILES string of the molecule is CCc1nc(N2CCCC2=O)sc1C(=O)Nc1ccc(OC(F)(F)F)cc1. The van der Waals surface area contributed by atoms with Crippen LogP contribution in [-0.4, -0.2) is 29.7 Å². The first kappa shape index (κ1) is 19.2. The minimum atomic E-state index is -4.77. The lowest BCUT2D eigenvalue weighted by Gasteiger charge is -2.10. The maximum atomic E-state index is 12.6. The number of nitrogens with one attached hydrogen (secondary N) is 1. The first-order valence-corrected chi connectivity index (χ1v) is 9.05. The molecule has 0 radical (unpaired) electrons. The number of benzene rings is 1. The van der Waals surface area contributed by atoms with E-state index in [9.17, 15) is 22.8 Å². The minimum absolute atomic E-state index is 0.0152. The van der Waals surface area contributed by atoms with E-state index in [0.717, 1.165) is 29.9 Å². The molecule has 2 heterocycles. The largest absolute Gasteiger partial charge is 0.573 e. The number of hydrogen-bond donors (Lipinski definition) is 1. The van der Waals surface area contributed by atoms with Gasteiger partial charge in [-0.25, -0.2) is 4.98 Å². The number of aromatic nitrogens is 1. The average molecular weight is 399 g/mol. The van der Waals surface area contributed by atoms with E-state index in [-0.39, 0.29) is 11.7 Å². The van der Waals surface area contributed by atoms with Gasteiger partial charge in [0.1, 0.15) is 10.6 Å². The Labute approximate surface area is 157 Å². The van der Waals surface area contributed by atoms with Crippen molar-refractivity contribution in [2.75, 3.05) is 16.8 Å². The van der Waals surface area contributed by atoms with Gasteiger partial charge in [0.25, 0.3) is 5.91 Å². The van der Waals surface area contributed by atoms with Crippen LogP contribution in [0, 0.1) is 0 Å². The molecule has 10 heteroatoms. The molecule has 2 amide bonds. The van der Waals surface area contributed by atoms with Crippen LogP contribution in [0.2, 0.25) is 0 Å². The molecule has 0 spiro atoms. The van der Waals surface area contributed by atoms with Crippen LogP contribution in [0.5, 0.6) is 5.75 Å². The molecular weight excluding hydrogens is 383 g/mol. The summed E-state index contributed by atoms with van der Waals surface area (Å²) in [4.78, 5) is 30.8. The Balaban J connectivity index is 1.74. The van der Waals surface area contributed by atoms with E-state index < -0.39 is 12.3 Å². The van der Waals surface area contributed by atoms with Crippen LogP contribution in [0.1, 0.15) is 35.1 Å². The Kier molecular flexibility index (Phi) is 5.36. The van der Waals surface area contributed by atoms with Crippen LogP contribution in [0.25, 0.3) is 0 Å². The van der Waals surface area contributed by atoms with Crippen molar-refractivity contribution in [3.8, 4) is 5.75 Å². The summed E-state index contributed by atoms with van der Waals surface area (Å²) in [5.41, 5.74) is 0.896. The lowest BCUT2D eigenvalue weighted by Crippen LogP contribution is -2.23. The molecule has 0 saturated carbocycles. The van der Waals surface area contributed by atoms with Gasteiger partial charge in [0.15, 0.2) is 5.13 Å². The molecule has 0 bridgehead atoms. The Morgan fingerprint density at radius 1 is 1.33 bits per heavy atom. The van der Waals surface area contributed by atoms with Crippen molar-refractivity contribution in [1.29, 1.82) is 0 Å². The number of thiazole rings is 1. The topological polar surface area (TPSA) is 71.5 Å². The van der Waals surface area contributed by atoms with Crippen molar-refractivity contribution in [1.82, 2.24) is 4.98 Å². The number of carbonyl (C=O) groups is 2. The molecule has 1 aliphatic heterocycles. The smallest absolute Gasteiger partial charge is 0.406 e. The molecule has 1 saturated heterocycles. The first-order valence-electron chi connectivity index (χ1n) is 8.24. The number of anilines is 2. The van der Waals surface area contributed by atoms with Gasteiger partial charge in [-0.15, -0.1) is 13.2 Å². The zero-order valence-corrected chi connectivity index (χ0v) is 15.1. The van der Waals surface area contributed by atoms with Gasteiger partial charge in [-0.1, -0.05) is 18.3 Å². The van der Waals surface area contributed by atoms with Crippen molar-refractivity contribution in [2.45, 2.75) is 32.5 Å². The highest BCUT2D eigenvalue weighted by atomic mass is 32.1. The molecule has 0 atom stereocenters. The van der Waals surface area contributed by atoms with Gasteiger partial charge in [0.05, 0.1) is 5.69 Å². The van der Waals surface area contributed by atoms with E-state index in [2.05, 4.69) is 15.0 Å². The van der Waals surface area contributed by atoms with Crippen LogP contribution in [0.15, 0.2) is 24.3 Å². The van der Waals surface area contributed by atoms with Gasteiger partial charge < -0.3 is 10.1 Å². The number of rotatable bonds is 5. The van der Waals surface area contributed by atoms with E-state index in [1.165, 1.54) is 12.1 Å². The van der Waals surface area contributed by atoms with Gasteiger partial charge in [0.2, 0.25) is 5.91 Å². The Morgan fingerprint density at radius 2 is 2.04 bits per heavy atom. The second kappa shape index (κ2) is 7.55. The van der Waals surface area contributed by atoms with Crippen molar-refractivity contribution in [2.24, 2.45) is 0 Å². The Hall–Kier alpha value is -2.62. The third-order valence-corrected chi connectivity index (χ3v) is 5.00. The molecule has 1 fully saturated rings. The number of alkyl halides is 3. The summed E-state index contributed by atoms with van der Waals surface area (Å²) < 4.78 is 40.4. The summed E-state index contributed by atoms with van der Waals surface area (Å²) in [7, 11) is 0. The summed E-state index contributed by atoms with van der Waals surface area (Å²) >= 11 is 1.13. The number of amides is 2. The standard InChI is InChI=1S/C17H16F3N3O3S/c1-2-12-14(27-16(22-12)23-9-3-4-13(23)24)15(25)21-10-5-7-11(8-6-10)26-17(18,19)20/h5-8H,2-4,9H2,1H3,(H,21,25). The second-order valence-electron chi connectivity index (χ2n) is 5.80. The molecular formula is C17H16F3N3O3S. The van der Waals surface area contributed by atoms with E-state index in [0.29, 0.717) is 40.8 Å².